The summed E-state index contributed by atoms with van der Waals surface area (Å²) in [7, 11) is 0. The van der Waals surface area contributed by atoms with Crippen molar-refractivity contribution in [3.8, 4) is 0 Å². The van der Waals surface area contributed by atoms with Gasteiger partial charge in [0.25, 0.3) is 0 Å². The van der Waals surface area contributed by atoms with Crippen LogP contribution in [0.15, 0.2) is 42.5 Å². The summed E-state index contributed by atoms with van der Waals surface area (Å²) in [6.45, 7) is 7.20. The second-order valence-corrected chi connectivity index (χ2v) is 7.88. The average Bonchev–Trinajstić information content (AvgIpc) is 2.67. The number of halogens is 3. The number of nitrogens with zero attached hydrogens (tertiary/aromatic N) is 3. The molecule has 1 aliphatic heterocycles. The molecule has 1 unspecified atom stereocenters. The normalized spacial score (nSPS) is 15.6. The number of benzene rings is 2. The molecule has 0 saturated heterocycles. The molecule has 0 bridgehead atoms. The molecule has 0 radical (unpaired) electrons. The molecule has 2 heterocycles. The van der Waals surface area contributed by atoms with Gasteiger partial charge in [-0.05, 0) is 68.1 Å². The molecule has 4 rings (SSSR count). The summed E-state index contributed by atoms with van der Waals surface area (Å²) in [4.78, 5) is 11.9. The van der Waals surface area contributed by atoms with E-state index in [9.17, 15) is 4.39 Å². The fraction of sp³-hybridized carbons (Fsp3) is 0.304. The molecular weight excluding hydrogens is 408 g/mol. The van der Waals surface area contributed by atoms with E-state index in [4.69, 9.17) is 16.6 Å². The lowest BCUT2D eigenvalue weighted by Gasteiger charge is -2.37. The Morgan fingerprint density at radius 1 is 1.10 bits per heavy atom. The molecule has 3 aromatic rings. The van der Waals surface area contributed by atoms with Gasteiger partial charge in [-0.2, -0.15) is 0 Å². The van der Waals surface area contributed by atoms with Gasteiger partial charge in [-0.3, -0.25) is 0 Å². The van der Waals surface area contributed by atoms with Crippen LogP contribution in [0.2, 0.25) is 5.02 Å². The van der Waals surface area contributed by atoms with E-state index in [0.29, 0.717) is 6.42 Å². The fourth-order valence-electron chi connectivity index (χ4n) is 3.89. The van der Waals surface area contributed by atoms with Crippen LogP contribution >= 0.6 is 24.0 Å². The van der Waals surface area contributed by atoms with Gasteiger partial charge in [0, 0.05) is 29.2 Å². The van der Waals surface area contributed by atoms with Crippen LogP contribution in [-0.4, -0.2) is 16.5 Å². The van der Waals surface area contributed by atoms with Gasteiger partial charge in [0.05, 0.1) is 6.04 Å². The van der Waals surface area contributed by atoms with Crippen LogP contribution < -0.4 is 4.90 Å². The third-order valence-electron chi connectivity index (χ3n) is 5.60. The number of aromatic nitrogens is 2. The first-order chi connectivity index (χ1) is 13.4. The Morgan fingerprint density at radius 2 is 1.83 bits per heavy atom. The smallest absolute Gasteiger partial charge is 0.136 e. The zero-order valence-corrected chi connectivity index (χ0v) is 18.3. The van der Waals surface area contributed by atoms with Gasteiger partial charge in [-0.15, -0.1) is 12.4 Å². The lowest BCUT2D eigenvalue weighted by Crippen LogP contribution is -2.35. The molecule has 1 atom stereocenters. The fourth-order valence-corrected chi connectivity index (χ4v) is 4.07. The van der Waals surface area contributed by atoms with Crippen molar-refractivity contribution in [2.75, 3.05) is 11.4 Å². The molecule has 0 fully saturated rings. The molecule has 1 aliphatic rings. The van der Waals surface area contributed by atoms with Crippen LogP contribution in [0.3, 0.4) is 0 Å². The third-order valence-corrected chi connectivity index (χ3v) is 5.84. The van der Waals surface area contributed by atoms with Crippen molar-refractivity contribution in [1.82, 2.24) is 9.97 Å². The van der Waals surface area contributed by atoms with Gasteiger partial charge in [0.2, 0.25) is 0 Å². The number of anilines is 1. The van der Waals surface area contributed by atoms with E-state index in [0.717, 1.165) is 46.5 Å². The average molecular weight is 432 g/mol. The summed E-state index contributed by atoms with van der Waals surface area (Å²) in [5.74, 6) is 1.50. The number of hydrogen-bond acceptors (Lipinski definition) is 3. The predicted octanol–water partition coefficient (Wildman–Crippen LogP) is 6.02. The van der Waals surface area contributed by atoms with Gasteiger partial charge < -0.3 is 4.90 Å². The van der Waals surface area contributed by atoms with Crippen molar-refractivity contribution in [2.45, 2.75) is 39.7 Å². The van der Waals surface area contributed by atoms with Gasteiger partial charge in [-0.25, -0.2) is 14.4 Å². The van der Waals surface area contributed by atoms with E-state index in [1.54, 1.807) is 12.1 Å². The van der Waals surface area contributed by atoms with Gasteiger partial charge >= 0.3 is 0 Å². The Kier molecular flexibility index (Phi) is 6.45. The lowest BCUT2D eigenvalue weighted by molar-refractivity contribution is 0.611. The largest absolute Gasteiger partial charge is 0.349 e. The maximum atomic E-state index is 13.2. The van der Waals surface area contributed by atoms with Crippen LogP contribution in [0.5, 0.6) is 0 Å². The second kappa shape index (κ2) is 8.68. The van der Waals surface area contributed by atoms with E-state index in [1.807, 2.05) is 13.0 Å². The van der Waals surface area contributed by atoms with Gasteiger partial charge in [0.1, 0.15) is 17.5 Å². The number of hydrogen-bond donors (Lipinski definition) is 0. The molecule has 3 nitrogen and oxygen atoms in total. The lowest BCUT2D eigenvalue weighted by atomic mass is 9.93. The van der Waals surface area contributed by atoms with Gasteiger partial charge in [-0.1, -0.05) is 29.8 Å². The minimum atomic E-state index is -0.232. The van der Waals surface area contributed by atoms with Crippen LogP contribution in [0.1, 0.15) is 46.7 Å². The van der Waals surface area contributed by atoms with E-state index < -0.39 is 0 Å². The number of fused-ring (bicyclic) bond motifs is 1. The Morgan fingerprint density at radius 3 is 2.55 bits per heavy atom. The topological polar surface area (TPSA) is 29.0 Å². The van der Waals surface area contributed by atoms with Crippen molar-refractivity contribution in [3.05, 3.63) is 87.1 Å². The van der Waals surface area contributed by atoms with Crippen LogP contribution in [0, 0.1) is 19.7 Å². The Hall–Kier alpha value is -2.17. The van der Waals surface area contributed by atoms with E-state index >= 15 is 0 Å². The first-order valence-corrected chi connectivity index (χ1v) is 9.93. The molecule has 0 saturated carbocycles. The molecule has 29 heavy (non-hydrogen) atoms. The van der Waals surface area contributed by atoms with E-state index in [-0.39, 0.29) is 24.3 Å². The van der Waals surface area contributed by atoms with E-state index in [2.05, 4.69) is 35.9 Å². The highest BCUT2D eigenvalue weighted by molar-refractivity contribution is 6.30. The summed E-state index contributed by atoms with van der Waals surface area (Å²) >= 11 is 6.25. The first kappa shape index (κ1) is 21.5. The number of aryl methyl sites for hydroxylation is 1. The highest BCUT2D eigenvalue weighted by Gasteiger charge is 2.27. The Labute approximate surface area is 182 Å². The molecule has 0 amide bonds. The van der Waals surface area contributed by atoms with Crippen molar-refractivity contribution < 1.29 is 4.39 Å². The maximum absolute atomic E-state index is 13.2. The zero-order chi connectivity index (χ0) is 19.8. The van der Waals surface area contributed by atoms with E-state index in [1.165, 1.54) is 23.3 Å². The Balaban J connectivity index is 0.00000240. The van der Waals surface area contributed by atoms with Crippen LogP contribution in [0.4, 0.5) is 10.2 Å². The SMILES string of the molecule is Cc1nc(Cc2ccc(F)cc2)nc(N2CCc3ccc(Cl)cc3C2C)c1C.Cl. The summed E-state index contributed by atoms with van der Waals surface area (Å²) < 4.78 is 13.2. The molecule has 152 valence electrons. The van der Waals surface area contributed by atoms with Crippen molar-refractivity contribution >= 4 is 29.8 Å². The van der Waals surface area contributed by atoms with Crippen molar-refractivity contribution in [3.63, 3.8) is 0 Å². The molecule has 0 spiro atoms. The zero-order valence-electron chi connectivity index (χ0n) is 16.7. The molecule has 1 aromatic heterocycles. The van der Waals surface area contributed by atoms with Crippen LogP contribution in [-0.2, 0) is 12.8 Å². The van der Waals surface area contributed by atoms with Gasteiger partial charge in [0.15, 0.2) is 0 Å². The van der Waals surface area contributed by atoms with Crippen molar-refractivity contribution in [1.29, 1.82) is 0 Å². The summed E-state index contributed by atoms with van der Waals surface area (Å²) in [6.07, 6.45) is 1.55. The number of rotatable bonds is 3. The monoisotopic (exact) mass is 431 g/mol. The predicted molar refractivity (Wildman–Crippen MR) is 119 cm³/mol. The highest BCUT2D eigenvalue weighted by Crippen LogP contribution is 2.35. The summed E-state index contributed by atoms with van der Waals surface area (Å²) in [5, 5.41) is 0.764. The molecular formula is C23H24Cl2FN3. The summed E-state index contributed by atoms with van der Waals surface area (Å²) in [6, 6.07) is 12.9. The second-order valence-electron chi connectivity index (χ2n) is 7.44. The first-order valence-electron chi connectivity index (χ1n) is 9.56. The molecule has 2 aromatic carbocycles. The Bertz CT molecular complexity index is 1020. The maximum Gasteiger partial charge on any atom is 0.136 e. The summed E-state index contributed by atoms with van der Waals surface area (Å²) in [5.41, 5.74) is 5.68. The highest BCUT2D eigenvalue weighted by atomic mass is 35.5. The standard InChI is InChI=1S/C23H23ClFN3.ClH/c1-14-15(2)26-22(12-17-4-8-20(25)9-5-17)27-23(14)28-11-10-18-6-7-19(24)13-21(18)16(28)3;/h4-9,13,16H,10-12H2,1-3H3;1H. The van der Waals surface area contributed by atoms with Crippen LogP contribution in [0.25, 0.3) is 0 Å². The third kappa shape index (κ3) is 4.39. The quantitative estimate of drug-likeness (QED) is 0.507. The minimum Gasteiger partial charge on any atom is -0.349 e. The molecule has 0 aliphatic carbocycles. The van der Waals surface area contributed by atoms with Crippen molar-refractivity contribution in [2.24, 2.45) is 0 Å². The minimum absolute atomic E-state index is 0. The molecule has 0 N–H and O–H groups in total. The molecule has 6 heteroatoms.